The van der Waals surface area contributed by atoms with E-state index in [-0.39, 0.29) is 5.92 Å². The first-order valence-corrected chi connectivity index (χ1v) is 8.87. The van der Waals surface area contributed by atoms with Gasteiger partial charge in [0.2, 0.25) is 0 Å². The Labute approximate surface area is 153 Å². The number of ether oxygens (including phenoxy) is 1. The molecule has 26 heavy (non-hydrogen) atoms. The van der Waals surface area contributed by atoms with E-state index < -0.39 is 35.5 Å². The number of hydrogen-bond acceptors (Lipinski definition) is 4. The maximum absolute atomic E-state index is 13.3. The summed E-state index contributed by atoms with van der Waals surface area (Å²) in [5, 5.41) is 0. The van der Waals surface area contributed by atoms with Crippen molar-refractivity contribution in [1.82, 2.24) is 0 Å². The molecule has 1 fully saturated rings. The number of ketones is 2. The molecule has 134 valence electrons. The second-order valence-corrected chi connectivity index (χ2v) is 7.05. The highest BCUT2D eigenvalue weighted by Crippen LogP contribution is 2.33. The highest BCUT2D eigenvalue weighted by atomic mass is 16.6. The lowest BCUT2D eigenvalue weighted by Gasteiger charge is -2.18. The summed E-state index contributed by atoms with van der Waals surface area (Å²) >= 11 is 0. The van der Waals surface area contributed by atoms with Crippen LogP contribution < -0.4 is 0 Å². The highest BCUT2D eigenvalue weighted by molar-refractivity contribution is 6.23. The lowest BCUT2D eigenvalue weighted by molar-refractivity contribution is -0.147. The van der Waals surface area contributed by atoms with E-state index in [0.29, 0.717) is 6.42 Å². The molecule has 0 amide bonds. The lowest BCUT2D eigenvalue weighted by atomic mass is 9.80. The Morgan fingerprint density at radius 3 is 1.88 bits per heavy atom. The number of Topliss-reactive ketones (excluding diaryl/α,β-unsaturated/α-hetero) is 2. The van der Waals surface area contributed by atoms with E-state index in [1.54, 1.807) is 0 Å². The van der Waals surface area contributed by atoms with E-state index in [1.165, 1.54) is 0 Å². The molecule has 0 bridgehead atoms. The third kappa shape index (κ3) is 3.59. The molecule has 1 aliphatic heterocycles. The van der Waals surface area contributed by atoms with E-state index in [1.807, 2.05) is 74.5 Å². The molecule has 0 aliphatic carbocycles. The zero-order valence-corrected chi connectivity index (χ0v) is 14.9. The minimum absolute atomic E-state index is 0.199. The van der Waals surface area contributed by atoms with Gasteiger partial charge in [0, 0.05) is 0 Å². The van der Waals surface area contributed by atoms with Crippen LogP contribution in [0.4, 0.5) is 0 Å². The van der Waals surface area contributed by atoms with Gasteiger partial charge in [0.15, 0.2) is 23.6 Å². The van der Waals surface area contributed by atoms with Crippen molar-refractivity contribution < 1.29 is 19.1 Å². The number of esters is 1. The SMILES string of the molecule is CC(C)CC1OC(=O)C(C(=O)C(c2ccccc2)c2ccccc2)C1=O. The Morgan fingerprint density at radius 1 is 0.923 bits per heavy atom. The van der Waals surface area contributed by atoms with Crippen LogP contribution in [0.15, 0.2) is 60.7 Å². The van der Waals surface area contributed by atoms with Crippen LogP contribution >= 0.6 is 0 Å². The number of carbonyl (C=O) groups excluding carboxylic acids is 3. The fourth-order valence-electron chi connectivity index (χ4n) is 3.40. The second-order valence-electron chi connectivity index (χ2n) is 7.05. The molecule has 1 aliphatic rings. The minimum atomic E-state index is -1.34. The van der Waals surface area contributed by atoms with E-state index in [9.17, 15) is 14.4 Å². The minimum Gasteiger partial charge on any atom is -0.453 e. The molecule has 1 saturated heterocycles. The van der Waals surface area contributed by atoms with Crippen molar-refractivity contribution in [1.29, 1.82) is 0 Å². The van der Waals surface area contributed by atoms with E-state index in [2.05, 4.69) is 0 Å². The molecule has 4 nitrogen and oxygen atoms in total. The van der Waals surface area contributed by atoms with Gasteiger partial charge < -0.3 is 4.74 Å². The summed E-state index contributed by atoms with van der Waals surface area (Å²) < 4.78 is 5.23. The zero-order valence-electron chi connectivity index (χ0n) is 14.9. The summed E-state index contributed by atoms with van der Waals surface area (Å²) in [7, 11) is 0. The second kappa shape index (κ2) is 7.65. The van der Waals surface area contributed by atoms with Gasteiger partial charge >= 0.3 is 5.97 Å². The number of carbonyl (C=O) groups is 3. The largest absolute Gasteiger partial charge is 0.453 e. The fourth-order valence-corrected chi connectivity index (χ4v) is 3.40. The van der Waals surface area contributed by atoms with Crippen molar-refractivity contribution in [2.45, 2.75) is 32.3 Å². The predicted molar refractivity (Wildman–Crippen MR) is 97.6 cm³/mol. The fraction of sp³-hybridized carbons (Fsp3) is 0.318. The van der Waals surface area contributed by atoms with Gasteiger partial charge in [-0.05, 0) is 23.5 Å². The monoisotopic (exact) mass is 350 g/mol. The maximum Gasteiger partial charge on any atom is 0.325 e. The smallest absolute Gasteiger partial charge is 0.325 e. The average molecular weight is 350 g/mol. The number of hydrogen-bond donors (Lipinski definition) is 0. The van der Waals surface area contributed by atoms with Crippen LogP contribution in [-0.4, -0.2) is 23.6 Å². The Hall–Kier alpha value is -2.75. The predicted octanol–water partition coefficient (Wildman–Crippen LogP) is 3.54. The summed E-state index contributed by atoms with van der Waals surface area (Å²) in [4.78, 5) is 38.3. The molecule has 2 aromatic carbocycles. The topological polar surface area (TPSA) is 60.4 Å². The van der Waals surface area contributed by atoms with Crippen molar-refractivity contribution in [3.63, 3.8) is 0 Å². The molecule has 0 N–H and O–H groups in total. The first-order valence-electron chi connectivity index (χ1n) is 8.87. The Morgan fingerprint density at radius 2 is 1.42 bits per heavy atom. The van der Waals surface area contributed by atoms with Crippen LogP contribution in [0.3, 0.4) is 0 Å². The van der Waals surface area contributed by atoms with Gasteiger partial charge in [-0.1, -0.05) is 74.5 Å². The van der Waals surface area contributed by atoms with Gasteiger partial charge in [0.1, 0.15) is 0 Å². The molecular formula is C22H22O4. The summed E-state index contributed by atoms with van der Waals surface area (Å²) in [5.41, 5.74) is 1.52. The molecule has 0 aromatic heterocycles. The van der Waals surface area contributed by atoms with Gasteiger partial charge in [-0.25, -0.2) is 0 Å². The summed E-state index contributed by atoms with van der Waals surface area (Å²) in [5.74, 6) is -3.36. The van der Waals surface area contributed by atoms with Crippen LogP contribution in [0.1, 0.15) is 37.3 Å². The van der Waals surface area contributed by atoms with Crippen LogP contribution in [0.25, 0.3) is 0 Å². The first kappa shape index (κ1) is 18.1. The molecule has 2 aromatic rings. The quantitative estimate of drug-likeness (QED) is 0.590. The Bertz CT molecular complexity index is 756. The molecule has 1 heterocycles. The number of cyclic esters (lactones) is 1. The van der Waals surface area contributed by atoms with Gasteiger partial charge in [-0.2, -0.15) is 0 Å². The molecule has 2 unspecified atom stereocenters. The normalized spacial score (nSPS) is 19.8. The number of benzene rings is 2. The van der Waals surface area contributed by atoms with Crippen LogP contribution in [0, 0.1) is 11.8 Å². The zero-order chi connectivity index (χ0) is 18.7. The Kier molecular flexibility index (Phi) is 5.31. The van der Waals surface area contributed by atoms with Crippen molar-refractivity contribution in [3.05, 3.63) is 71.8 Å². The van der Waals surface area contributed by atoms with Crippen molar-refractivity contribution in [2.75, 3.05) is 0 Å². The van der Waals surface area contributed by atoms with E-state index in [0.717, 1.165) is 11.1 Å². The lowest BCUT2D eigenvalue weighted by Crippen LogP contribution is -2.32. The van der Waals surface area contributed by atoms with Crippen LogP contribution in [0.2, 0.25) is 0 Å². The van der Waals surface area contributed by atoms with Crippen LogP contribution in [-0.2, 0) is 19.1 Å². The summed E-state index contributed by atoms with van der Waals surface area (Å²) in [6, 6.07) is 18.5. The van der Waals surface area contributed by atoms with Crippen molar-refractivity contribution in [2.24, 2.45) is 11.8 Å². The van der Waals surface area contributed by atoms with Crippen molar-refractivity contribution >= 4 is 17.5 Å². The van der Waals surface area contributed by atoms with Gasteiger partial charge in [-0.15, -0.1) is 0 Å². The summed E-state index contributed by atoms with van der Waals surface area (Å²) in [6.07, 6.45) is -0.376. The van der Waals surface area contributed by atoms with Crippen LogP contribution in [0.5, 0.6) is 0 Å². The molecule has 0 saturated carbocycles. The maximum atomic E-state index is 13.3. The van der Waals surface area contributed by atoms with Gasteiger partial charge in [0.25, 0.3) is 0 Å². The number of rotatable bonds is 6. The first-order chi connectivity index (χ1) is 12.5. The van der Waals surface area contributed by atoms with Gasteiger partial charge in [0.05, 0.1) is 5.92 Å². The molecule has 4 heteroatoms. The van der Waals surface area contributed by atoms with Crippen molar-refractivity contribution in [3.8, 4) is 0 Å². The van der Waals surface area contributed by atoms with E-state index >= 15 is 0 Å². The van der Waals surface area contributed by atoms with E-state index in [4.69, 9.17) is 4.74 Å². The average Bonchev–Trinajstić information content (AvgIpc) is 2.90. The molecule has 2 atom stereocenters. The molecule has 3 rings (SSSR count). The Balaban J connectivity index is 1.96. The third-order valence-electron chi connectivity index (χ3n) is 4.62. The molecule has 0 spiro atoms. The third-order valence-corrected chi connectivity index (χ3v) is 4.62. The summed E-state index contributed by atoms with van der Waals surface area (Å²) in [6.45, 7) is 3.90. The molecule has 0 radical (unpaired) electrons. The standard InChI is InChI=1S/C22H22O4/c1-14(2)13-17-20(23)19(22(25)26-17)21(24)18(15-9-5-3-6-10-15)16-11-7-4-8-12-16/h3-12,14,17-19H,13H2,1-2H3. The highest BCUT2D eigenvalue weighted by Gasteiger charge is 2.49. The van der Waals surface area contributed by atoms with Gasteiger partial charge in [-0.3, -0.25) is 14.4 Å². The molecular weight excluding hydrogens is 328 g/mol.